The van der Waals surface area contributed by atoms with Gasteiger partial charge in [0.2, 0.25) is 5.91 Å². The number of carbonyl (C=O) groups is 2. The third-order valence-electron chi connectivity index (χ3n) is 4.55. The number of carbonyl (C=O) groups excluding carboxylic acids is 2. The molecule has 0 spiro atoms. The van der Waals surface area contributed by atoms with Gasteiger partial charge in [-0.05, 0) is 55.0 Å². The highest BCUT2D eigenvalue weighted by molar-refractivity contribution is 6.01. The number of aryl methyl sites for hydroxylation is 1. The number of urea groups is 1. The molecular weight excluding hydrogens is 393 g/mol. The molecule has 2 N–H and O–H groups in total. The van der Waals surface area contributed by atoms with Gasteiger partial charge in [0.05, 0.1) is 0 Å². The molecule has 158 valence electrons. The number of rotatable bonds is 7. The van der Waals surface area contributed by atoms with Crippen molar-refractivity contribution in [3.63, 3.8) is 0 Å². The average molecular weight is 417 g/mol. The number of amides is 3. The van der Waals surface area contributed by atoms with E-state index in [1.807, 2.05) is 61.5 Å². The molecule has 0 radical (unpaired) electrons. The van der Waals surface area contributed by atoms with Crippen molar-refractivity contribution in [2.45, 2.75) is 6.92 Å². The van der Waals surface area contributed by atoms with Crippen molar-refractivity contribution >= 4 is 29.4 Å². The summed E-state index contributed by atoms with van der Waals surface area (Å²) >= 11 is 0. The van der Waals surface area contributed by atoms with Crippen LogP contribution >= 0.6 is 0 Å². The van der Waals surface area contributed by atoms with E-state index in [1.54, 1.807) is 6.08 Å². The summed E-state index contributed by atoms with van der Waals surface area (Å²) in [5.74, 6) is -0.649. The Morgan fingerprint density at radius 1 is 0.935 bits per heavy atom. The number of anilines is 2. The van der Waals surface area contributed by atoms with Crippen LogP contribution in [0.4, 0.5) is 20.6 Å². The molecule has 3 aromatic rings. The van der Waals surface area contributed by atoms with Gasteiger partial charge in [0.1, 0.15) is 5.82 Å². The summed E-state index contributed by atoms with van der Waals surface area (Å²) < 4.78 is 13.3. The molecule has 0 heterocycles. The highest BCUT2D eigenvalue weighted by Gasteiger charge is 2.16. The number of nitrogens with one attached hydrogen (secondary N) is 2. The third-order valence-corrected chi connectivity index (χ3v) is 4.55. The number of hydrogen-bond acceptors (Lipinski definition) is 2. The second-order valence-electron chi connectivity index (χ2n) is 6.96. The molecule has 6 heteroatoms. The van der Waals surface area contributed by atoms with Crippen molar-refractivity contribution in [2.24, 2.45) is 0 Å². The van der Waals surface area contributed by atoms with E-state index in [1.165, 1.54) is 35.2 Å². The monoisotopic (exact) mass is 417 g/mol. The van der Waals surface area contributed by atoms with Gasteiger partial charge in [0, 0.05) is 30.5 Å². The van der Waals surface area contributed by atoms with Crippen LogP contribution in [0.25, 0.3) is 6.08 Å². The van der Waals surface area contributed by atoms with Gasteiger partial charge in [-0.3, -0.25) is 9.69 Å². The maximum Gasteiger partial charge on any atom is 0.326 e. The van der Waals surface area contributed by atoms with Gasteiger partial charge in [-0.2, -0.15) is 0 Å². The summed E-state index contributed by atoms with van der Waals surface area (Å²) in [4.78, 5) is 26.4. The quantitative estimate of drug-likeness (QED) is 0.532. The van der Waals surface area contributed by atoms with E-state index >= 15 is 0 Å². The van der Waals surface area contributed by atoms with E-state index < -0.39 is 0 Å². The minimum Gasteiger partial charge on any atom is -0.351 e. The maximum atomic E-state index is 13.3. The first-order valence-electron chi connectivity index (χ1n) is 9.93. The van der Waals surface area contributed by atoms with Crippen molar-refractivity contribution in [1.29, 1.82) is 0 Å². The molecule has 0 fully saturated rings. The Balaban J connectivity index is 1.63. The number of hydrogen-bond donors (Lipinski definition) is 2. The van der Waals surface area contributed by atoms with Crippen molar-refractivity contribution < 1.29 is 14.0 Å². The second-order valence-corrected chi connectivity index (χ2v) is 6.96. The lowest BCUT2D eigenvalue weighted by Gasteiger charge is -2.23. The minimum absolute atomic E-state index is 0.217. The molecule has 0 saturated heterocycles. The van der Waals surface area contributed by atoms with Gasteiger partial charge in [0.15, 0.2) is 0 Å². The fourth-order valence-electron chi connectivity index (χ4n) is 2.88. The van der Waals surface area contributed by atoms with E-state index in [0.717, 1.165) is 11.1 Å². The van der Waals surface area contributed by atoms with Gasteiger partial charge in [-0.25, -0.2) is 9.18 Å². The molecule has 3 amide bonds. The number of halogens is 1. The van der Waals surface area contributed by atoms with Crippen LogP contribution in [0.2, 0.25) is 0 Å². The van der Waals surface area contributed by atoms with E-state index in [2.05, 4.69) is 10.6 Å². The maximum absolute atomic E-state index is 13.3. The Hall–Kier alpha value is -3.93. The van der Waals surface area contributed by atoms with Crippen LogP contribution in [0.1, 0.15) is 11.1 Å². The van der Waals surface area contributed by atoms with Crippen LogP contribution in [0.5, 0.6) is 0 Å². The minimum atomic E-state index is -0.387. The highest BCUT2D eigenvalue weighted by Crippen LogP contribution is 2.17. The predicted octanol–water partition coefficient (Wildman–Crippen LogP) is 5.00. The zero-order chi connectivity index (χ0) is 22.1. The van der Waals surface area contributed by atoms with Crippen LogP contribution in [0, 0.1) is 12.7 Å². The molecule has 31 heavy (non-hydrogen) atoms. The van der Waals surface area contributed by atoms with E-state index in [-0.39, 0.29) is 30.8 Å². The van der Waals surface area contributed by atoms with Gasteiger partial charge in [-0.15, -0.1) is 0 Å². The summed E-state index contributed by atoms with van der Waals surface area (Å²) in [5, 5.41) is 5.60. The first-order chi connectivity index (χ1) is 15.0. The first kappa shape index (κ1) is 21.8. The fourth-order valence-corrected chi connectivity index (χ4v) is 2.88. The summed E-state index contributed by atoms with van der Waals surface area (Å²) in [6, 6.07) is 22.2. The number of nitrogens with zero attached hydrogens (tertiary/aromatic N) is 1. The smallest absolute Gasteiger partial charge is 0.326 e. The predicted molar refractivity (Wildman–Crippen MR) is 122 cm³/mol. The molecule has 0 bridgehead atoms. The van der Waals surface area contributed by atoms with Crippen molar-refractivity contribution in [3.8, 4) is 0 Å². The Bertz CT molecular complexity index is 1030. The first-order valence-corrected chi connectivity index (χ1v) is 9.93. The van der Waals surface area contributed by atoms with Crippen LogP contribution in [0.15, 0.2) is 84.9 Å². The molecule has 0 aliphatic carbocycles. The molecule has 0 saturated carbocycles. The standard InChI is InChI=1S/C25H24FN3O2/c1-19-7-12-22(13-8-19)28-25(31)29(23-14-10-21(26)11-15-23)18-17-27-24(30)16-9-20-5-3-2-4-6-20/h2-16H,17-18H2,1H3,(H,27,30)(H,28,31). The van der Waals surface area contributed by atoms with Crippen LogP contribution in [-0.2, 0) is 4.79 Å². The van der Waals surface area contributed by atoms with Crippen LogP contribution in [0.3, 0.4) is 0 Å². The molecule has 0 aromatic heterocycles. The molecule has 3 rings (SSSR count). The van der Waals surface area contributed by atoms with E-state index in [4.69, 9.17) is 0 Å². The summed E-state index contributed by atoms with van der Waals surface area (Å²) in [5.41, 5.74) is 3.18. The van der Waals surface area contributed by atoms with Crippen LogP contribution < -0.4 is 15.5 Å². The van der Waals surface area contributed by atoms with Crippen molar-refractivity contribution in [1.82, 2.24) is 5.32 Å². The number of benzene rings is 3. The van der Waals surface area contributed by atoms with Gasteiger partial charge in [-0.1, -0.05) is 48.0 Å². The topological polar surface area (TPSA) is 61.4 Å². The highest BCUT2D eigenvalue weighted by atomic mass is 19.1. The van der Waals surface area contributed by atoms with E-state index in [0.29, 0.717) is 11.4 Å². The van der Waals surface area contributed by atoms with Crippen molar-refractivity contribution in [3.05, 3.63) is 102 Å². The molecule has 3 aromatic carbocycles. The van der Waals surface area contributed by atoms with Crippen LogP contribution in [-0.4, -0.2) is 25.0 Å². The Labute approximate surface area is 181 Å². The molecule has 0 unspecified atom stereocenters. The molecule has 0 atom stereocenters. The Morgan fingerprint density at radius 2 is 1.61 bits per heavy atom. The summed E-state index contributed by atoms with van der Waals surface area (Å²) in [6.45, 7) is 2.41. The summed E-state index contributed by atoms with van der Waals surface area (Å²) in [7, 11) is 0. The Morgan fingerprint density at radius 3 is 2.29 bits per heavy atom. The zero-order valence-electron chi connectivity index (χ0n) is 17.2. The second kappa shape index (κ2) is 10.7. The summed E-state index contributed by atoms with van der Waals surface area (Å²) in [6.07, 6.45) is 3.17. The third kappa shape index (κ3) is 6.82. The fraction of sp³-hybridized carbons (Fsp3) is 0.120. The van der Waals surface area contributed by atoms with E-state index in [9.17, 15) is 14.0 Å². The lowest BCUT2D eigenvalue weighted by molar-refractivity contribution is -0.116. The SMILES string of the molecule is Cc1ccc(NC(=O)N(CCNC(=O)C=Cc2ccccc2)c2ccc(F)cc2)cc1. The van der Waals surface area contributed by atoms with Gasteiger partial charge in [0.25, 0.3) is 0 Å². The molecular formula is C25H24FN3O2. The normalized spacial score (nSPS) is 10.6. The molecule has 5 nitrogen and oxygen atoms in total. The molecule has 0 aliphatic heterocycles. The molecule has 0 aliphatic rings. The Kier molecular flexibility index (Phi) is 7.54. The largest absolute Gasteiger partial charge is 0.351 e. The average Bonchev–Trinajstić information content (AvgIpc) is 2.78. The zero-order valence-corrected chi connectivity index (χ0v) is 17.2. The lowest BCUT2D eigenvalue weighted by Crippen LogP contribution is -2.40. The lowest BCUT2D eigenvalue weighted by atomic mass is 10.2. The van der Waals surface area contributed by atoms with Crippen molar-refractivity contribution in [2.75, 3.05) is 23.3 Å². The van der Waals surface area contributed by atoms with Gasteiger partial charge < -0.3 is 10.6 Å². The van der Waals surface area contributed by atoms with Gasteiger partial charge >= 0.3 is 6.03 Å².